The van der Waals surface area contributed by atoms with Crippen LogP contribution in [-0.2, 0) is 0 Å². The van der Waals surface area contributed by atoms with Crippen molar-refractivity contribution in [2.24, 2.45) is 0 Å². The van der Waals surface area contributed by atoms with Crippen molar-refractivity contribution in [1.82, 2.24) is 29.9 Å². The maximum atomic E-state index is 14.2. The number of piperidine rings is 1. The Labute approximate surface area is 176 Å². The number of alkyl halides is 3. The van der Waals surface area contributed by atoms with Crippen LogP contribution in [0.5, 0.6) is 5.75 Å². The summed E-state index contributed by atoms with van der Waals surface area (Å²) in [6.45, 7) is 0.483. The third kappa shape index (κ3) is 4.27. The maximum Gasteiger partial charge on any atom is 0.272 e. The summed E-state index contributed by atoms with van der Waals surface area (Å²) in [6, 6.07) is 1.25. The third-order valence-corrected chi connectivity index (χ3v) is 5.44. The lowest BCUT2D eigenvalue weighted by molar-refractivity contribution is 0.0811. The van der Waals surface area contributed by atoms with Crippen LogP contribution in [0, 0.1) is 0 Å². The molecule has 0 spiro atoms. The van der Waals surface area contributed by atoms with E-state index in [0.29, 0.717) is 53.8 Å². The Morgan fingerprint density at radius 3 is 2.87 bits per heavy atom. The van der Waals surface area contributed by atoms with Gasteiger partial charge in [-0.1, -0.05) is 0 Å². The van der Waals surface area contributed by atoms with Gasteiger partial charge in [0.15, 0.2) is 5.65 Å². The fourth-order valence-electron chi connectivity index (χ4n) is 3.71. The second-order valence-electron chi connectivity index (χ2n) is 7.83. The number of rotatable bonds is 7. The lowest BCUT2D eigenvalue weighted by atomic mass is 10.1. The van der Waals surface area contributed by atoms with Crippen molar-refractivity contribution >= 4 is 11.5 Å². The lowest BCUT2D eigenvalue weighted by Crippen LogP contribution is -2.46. The summed E-state index contributed by atoms with van der Waals surface area (Å²) in [7, 11) is 0. The second-order valence-corrected chi connectivity index (χ2v) is 7.83. The van der Waals surface area contributed by atoms with E-state index in [0.717, 1.165) is 12.8 Å². The highest BCUT2D eigenvalue weighted by Crippen LogP contribution is 2.43. The first-order valence-corrected chi connectivity index (χ1v) is 10.3. The molecular weight excluding hydrogens is 411 g/mol. The number of imidazole rings is 1. The second kappa shape index (κ2) is 8.29. The molecule has 1 aliphatic heterocycles. The molecule has 3 aromatic heterocycles. The number of nitrogens with zero attached hydrogens (tertiary/aromatic N) is 5. The zero-order chi connectivity index (χ0) is 21.4. The van der Waals surface area contributed by atoms with Crippen LogP contribution in [0.15, 0.2) is 24.7 Å². The predicted octanol–water partition coefficient (Wildman–Crippen LogP) is 2.82. The molecule has 5 rings (SSSR count). The highest BCUT2D eigenvalue weighted by molar-refractivity contribution is 5.61. The van der Waals surface area contributed by atoms with Crippen molar-refractivity contribution in [2.45, 2.75) is 43.8 Å². The van der Waals surface area contributed by atoms with E-state index in [2.05, 4.69) is 30.7 Å². The molecule has 164 valence electrons. The molecule has 3 aromatic rings. The van der Waals surface area contributed by atoms with Gasteiger partial charge in [0.1, 0.15) is 41.4 Å². The van der Waals surface area contributed by atoms with Crippen molar-refractivity contribution in [3.8, 4) is 17.1 Å². The van der Waals surface area contributed by atoms with Crippen molar-refractivity contribution in [2.75, 3.05) is 25.0 Å². The minimum Gasteiger partial charge on any atom is -0.485 e. The first-order valence-electron chi connectivity index (χ1n) is 10.3. The monoisotopic (exact) mass is 433 g/mol. The van der Waals surface area contributed by atoms with E-state index in [-0.39, 0.29) is 12.0 Å². The average Bonchev–Trinajstić information content (AvgIpc) is 3.53. The standard InChI is InChI=1S/C20H22F3N7O/c21-12-3-4-24-6-13(12)27-18-9-25-7-14(28-18)15-8-26-19-5-16(31-10-17(22)23)20(11-1-2-11)29-30(15)19/h5,7-9,11-13,17,24H,1-4,6,10H2,(H,27,28)/t12-,13-/m0/s1. The minimum absolute atomic E-state index is 0.187. The van der Waals surface area contributed by atoms with E-state index in [1.54, 1.807) is 29.2 Å². The minimum atomic E-state index is -2.56. The van der Waals surface area contributed by atoms with Gasteiger partial charge in [-0.15, -0.1) is 0 Å². The highest BCUT2D eigenvalue weighted by atomic mass is 19.3. The molecule has 0 radical (unpaired) electrons. The first-order chi connectivity index (χ1) is 15.1. The number of hydrogen-bond acceptors (Lipinski definition) is 7. The van der Waals surface area contributed by atoms with Crippen LogP contribution in [-0.4, -0.2) is 62.9 Å². The van der Waals surface area contributed by atoms with Gasteiger partial charge < -0.3 is 15.4 Å². The molecule has 0 amide bonds. The third-order valence-electron chi connectivity index (χ3n) is 5.44. The lowest BCUT2D eigenvalue weighted by Gasteiger charge is -2.27. The van der Waals surface area contributed by atoms with E-state index in [9.17, 15) is 13.2 Å². The topological polar surface area (TPSA) is 89.3 Å². The molecule has 0 unspecified atom stereocenters. The molecule has 1 aliphatic carbocycles. The van der Waals surface area contributed by atoms with E-state index in [4.69, 9.17) is 4.74 Å². The Balaban J connectivity index is 1.45. The van der Waals surface area contributed by atoms with Gasteiger partial charge in [0.25, 0.3) is 6.43 Å². The summed E-state index contributed by atoms with van der Waals surface area (Å²) in [4.78, 5) is 13.1. The number of fused-ring (bicyclic) bond motifs is 1. The fourth-order valence-corrected chi connectivity index (χ4v) is 3.71. The van der Waals surface area contributed by atoms with E-state index in [1.807, 2.05) is 0 Å². The highest BCUT2D eigenvalue weighted by Gasteiger charge is 2.30. The van der Waals surface area contributed by atoms with Crippen LogP contribution in [0.2, 0.25) is 0 Å². The predicted molar refractivity (Wildman–Crippen MR) is 107 cm³/mol. The molecule has 1 saturated heterocycles. The maximum absolute atomic E-state index is 14.2. The molecular formula is C20H22F3N7O. The Bertz CT molecular complexity index is 1070. The summed E-state index contributed by atoms with van der Waals surface area (Å²) in [5.41, 5.74) is 2.23. The van der Waals surface area contributed by atoms with Crippen molar-refractivity contribution in [3.63, 3.8) is 0 Å². The van der Waals surface area contributed by atoms with Gasteiger partial charge >= 0.3 is 0 Å². The zero-order valence-electron chi connectivity index (χ0n) is 16.6. The SMILES string of the molecule is FC(F)COc1cc2ncc(-c3cncc(N[C@H]4CNCC[C@@H]4F)n3)n2nc1C1CC1. The van der Waals surface area contributed by atoms with Gasteiger partial charge in [-0.25, -0.2) is 27.7 Å². The molecule has 4 heterocycles. The van der Waals surface area contributed by atoms with Crippen LogP contribution in [0.3, 0.4) is 0 Å². The van der Waals surface area contributed by atoms with Gasteiger partial charge in [-0.2, -0.15) is 5.10 Å². The van der Waals surface area contributed by atoms with Gasteiger partial charge in [-0.05, 0) is 25.8 Å². The Kier molecular flexibility index (Phi) is 5.34. The van der Waals surface area contributed by atoms with Crippen molar-refractivity contribution in [1.29, 1.82) is 0 Å². The molecule has 0 bridgehead atoms. The van der Waals surface area contributed by atoms with E-state index < -0.39 is 19.2 Å². The summed E-state index contributed by atoms with van der Waals surface area (Å²) >= 11 is 0. The van der Waals surface area contributed by atoms with E-state index in [1.165, 1.54) is 0 Å². The number of aromatic nitrogens is 5. The molecule has 11 heteroatoms. The number of hydrogen-bond donors (Lipinski definition) is 2. The van der Waals surface area contributed by atoms with Crippen LogP contribution in [0.25, 0.3) is 17.0 Å². The summed E-state index contributed by atoms with van der Waals surface area (Å²) in [6.07, 6.45) is 3.53. The molecule has 2 atom stereocenters. The largest absolute Gasteiger partial charge is 0.485 e. The van der Waals surface area contributed by atoms with Crippen LogP contribution in [0.1, 0.15) is 30.9 Å². The van der Waals surface area contributed by atoms with Crippen LogP contribution >= 0.6 is 0 Å². The quantitative estimate of drug-likeness (QED) is 0.592. The summed E-state index contributed by atoms with van der Waals surface area (Å²) in [5.74, 6) is 0.988. The molecule has 1 saturated carbocycles. The Morgan fingerprint density at radius 2 is 2.10 bits per heavy atom. The van der Waals surface area contributed by atoms with E-state index >= 15 is 0 Å². The van der Waals surface area contributed by atoms with Gasteiger partial charge in [-0.3, -0.25) is 4.98 Å². The summed E-state index contributed by atoms with van der Waals surface area (Å²) in [5, 5.41) is 10.9. The van der Waals surface area contributed by atoms with Crippen molar-refractivity contribution < 1.29 is 17.9 Å². The molecule has 31 heavy (non-hydrogen) atoms. The number of halogens is 3. The number of anilines is 1. The molecule has 8 nitrogen and oxygen atoms in total. The van der Waals surface area contributed by atoms with Gasteiger partial charge in [0.2, 0.25) is 0 Å². The zero-order valence-corrected chi connectivity index (χ0v) is 16.6. The van der Waals surface area contributed by atoms with Gasteiger partial charge in [0, 0.05) is 18.5 Å². The molecule has 2 N–H and O–H groups in total. The smallest absolute Gasteiger partial charge is 0.272 e. The molecule has 0 aromatic carbocycles. The first kappa shape index (κ1) is 20.0. The average molecular weight is 433 g/mol. The molecule has 2 aliphatic rings. The van der Waals surface area contributed by atoms with Crippen molar-refractivity contribution in [3.05, 3.63) is 30.4 Å². The van der Waals surface area contributed by atoms with Crippen LogP contribution < -0.4 is 15.4 Å². The Morgan fingerprint density at radius 1 is 1.23 bits per heavy atom. The fraction of sp³-hybridized carbons (Fsp3) is 0.500. The van der Waals surface area contributed by atoms with Gasteiger partial charge in [0.05, 0.1) is 24.6 Å². The van der Waals surface area contributed by atoms with Crippen LogP contribution in [0.4, 0.5) is 19.0 Å². The normalized spacial score (nSPS) is 21.5. The summed E-state index contributed by atoms with van der Waals surface area (Å²) < 4.78 is 46.3. The molecule has 2 fully saturated rings. The number of nitrogens with one attached hydrogen (secondary N) is 2. The Hall–Kier alpha value is -2.95. The number of ether oxygens (including phenoxy) is 1.